The standard InChI is InChI=1S/C33H32N2O4/c1-24-10-9-13-26(22-24)23-34-32(38)29-16-7-5-14-27(29)28-15-6-8-17-30(28)33(39)35(21-19-31(36)37)20-18-25-11-3-2-4-12-25/h2-17,22H,18-21,23H2,1H3,(H,34,38)(H,36,37). The van der Waals surface area contributed by atoms with Gasteiger partial charge in [-0.25, -0.2) is 0 Å². The van der Waals surface area contributed by atoms with Crippen molar-refractivity contribution in [1.29, 1.82) is 0 Å². The Kier molecular flexibility index (Phi) is 9.25. The van der Waals surface area contributed by atoms with Crippen molar-refractivity contribution < 1.29 is 19.5 Å². The molecule has 0 aromatic heterocycles. The van der Waals surface area contributed by atoms with Crippen LogP contribution in [-0.4, -0.2) is 40.9 Å². The normalized spacial score (nSPS) is 10.6. The van der Waals surface area contributed by atoms with Crippen LogP contribution in [0.4, 0.5) is 0 Å². The molecular weight excluding hydrogens is 488 g/mol. The van der Waals surface area contributed by atoms with Crippen LogP contribution < -0.4 is 5.32 Å². The predicted molar refractivity (Wildman–Crippen MR) is 153 cm³/mol. The van der Waals surface area contributed by atoms with Gasteiger partial charge >= 0.3 is 5.97 Å². The lowest BCUT2D eigenvalue weighted by atomic mass is 9.94. The van der Waals surface area contributed by atoms with Crippen LogP contribution in [0, 0.1) is 6.92 Å². The number of nitrogens with zero attached hydrogens (tertiary/aromatic N) is 1. The monoisotopic (exact) mass is 520 g/mol. The first-order chi connectivity index (χ1) is 18.9. The molecule has 6 heteroatoms. The van der Waals surface area contributed by atoms with E-state index in [4.69, 9.17) is 0 Å². The van der Waals surface area contributed by atoms with E-state index in [-0.39, 0.29) is 24.8 Å². The molecular formula is C33H32N2O4. The molecule has 0 aliphatic carbocycles. The molecule has 198 valence electrons. The minimum atomic E-state index is -0.962. The first-order valence-electron chi connectivity index (χ1n) is 13.0. The molecule has 0 saturated heterocycles. The third-order valence-electron chi connectivity index (χ3n) is 6.55. The topological polar surface area (TPSA) is 86.7 Å². The largest absolute Gasteiger partial charge is 0.481 e. The molecule has 39 heavy (non-hydrogen) atoms. The molecule has 2 amide bonds. The zero-order valence-electron chi connectivity index (χ0n) is 22.0. The number of benzene rings is 4. The van der Waals surface area contributed by atoms with E-state index < -0.39 is 5.97 Å². The summed E-state index contributed by atoms with van der Waals surface area (Å²) >= 11 is 0. The van der Waals surface area contributed by atoms with E-state index in [9.17, 15) is 19.5 Å². The number of hydrogen-bond donors (Lipinski definition) is 2. The van der Waals surface area contributed by atoms with Gasteiger partial charge in [0.25, 0.3) is 11.8 Å². The van der Waals surface area contributed by atoms with E-state index in [1.165, 1.54) is 0 Å². The number of amides is 2. The molecule has 4 aromatic rings. The van der Waals surface area contributed by atoms with Crippen LogP contribution in [0.25, 0.3) is 11.1 Å². The molecule has 0 aliphatic heterocycles. The number of nitrogens with one attached hydrogen (secondary N) is 1. The molecule has 4 rings (SSSR count). The van der Waals surface area contributed by atoms with E-state index in [0.29, 0.717) is 41.8 Å². The zero-order chi connectivity index (χ0) is 27.6. The fourth-order valence-corrected chi connectivity index (χ4v) is 4.54. The van der Waals surface area contributed by atoms with Crippen molar-refractivity contribution in [2.75, 3.05) is 13.1 Å². The summed E-state index contributed by atoms with van der Waals surface area (Å²) in [7, 11) is 0. The van der Waals surface area contributed by atoms with Gasteiger partial charge in [0, 0.05) is 30.8 Å². The van der Waals surface area contributed by atoms with Crippen LogP contribution in [0.3, 0.4) is 0 Å². The number of hydrogen-bond acceptors (Lipinski definition) is 3. The third-order valence-corrected chi connectivity index (χ3v) is 6.55. The summed E-state index contributed by atoms with van der Waals surface area (Å²) in [6.07, 6.45) is 0.451. The number of aryl methyl sites for hydroxylation is 1. The van der Waals surface area contributed by atoms with E-state index in [1.54, 1.807) is 29.2 Å². The highest BCUT2D eigenvalue weighted by Crippen LogP contribution is 2.28. The molecule has 0 unspecified atom stereocenters. The second-order valence-electron chi connectivity index (χ2n) is 9.43. The van der Waals surface area contributed by atoms with E-state index in [2.05, 4.69) is 5.32 Å². The highest BCUT2D eigenvalue weighted by atomic mass is 16.4. The van der Waals surface area contributed by atoms with Crippen LogP contribution in [0.2, 0.25) is 0 Å². The molecule has 4 aromatic carbocycles. The van der Waals surface area contributed by atoms with Gasteiger partial charge in [-0.2, -0.15) is 0 Å². The van der Waals surface area contributed by atoms with Crippen LogP contribution in [0.15, 0.2) is 103 Å². The molecule has 0 saturated carbocycles. The maximum absolute atomic E-state index is 13.8. The van der Waals surface area contributed by atoms with Crippen LogP contribution in [0.5, 0.6) is 0 Å². The quantitative estimate of drug-likeness (QED) is 0.264. The van der Waals surface area contributed by atoms with Crippen LogP contribution >= 0.6 is 0 Å². The van der Waals surface area contributed by atoms with Gasteiger partial charge < -0.3 is 15.3 Å². The van der Waals surface area contributed by atoms with Gasteiger partial charge in [0.05, 0.1) is 6.42 Å². The molecule has 0 spiro atoms. The fraction of sp³-hybridized carbons (Fsp3) is 0.182. The molecule has 0 atom stereocenters. The van der Waals surface area contributed by atoms with Gasteiger partial charge in [-0.3, -0.25) is 14.4 Å². The average Bonchev–Trinajstić information content (AvgIpc) is 2.96. The smallest absolute Gasteiger partial charge is 0.305 e. The molecule has 0 radical (unpaired) electrons. The van der Waals surface area contributed by atoms with Crippen molar-refractivity contribution in [1.82, 2.24) is 10.2 Å². The lowest BCUT2D eigenvalue weighted by molar-refractivity contribution is -0.137. The second kappa shape index (κ2) is 13.2. The number of carboxylic acid groups (broad SMARTS) is 1. The Hall–Kier alpha value is -4.71. The van der Waals surface area contributed by atoms with Gasteiger partial charge in [-0.15, -0.1) is 0 Å². The Bertz CT molecular complexity index is 1450. The van der Waals surface area contributed by atoms with Gasteiger partial charge in [-0.05, 0) is 47.7 Å². The lowest BCUT2D eigenvalue weighted by Crippen LogP contribution is -2.35. The summed E-state index contributed by atoms with van der Waals surface area (Å²) in [4.78, 5) is 40.0. The molecule has 2 N–H and O–H groups in total. The average molecular weight is 521 g/mol. The van der Waals surface area contributed by atoms with Crippen molar-refractivity contribution in [3.05, 3.63) is 131 Å². The number of carbonyl (C=O) groups excluding carboxylic acids is 2. The number of aliphatic carboxylic acids is 1. The van der Waals surface area contributed by atoms with Crippen molar-refractivity contribution in [2.24, 2.45) is 0 Å². The Morgan fingerprint density at radius 2 is 1.33 bits per heavy atom. The molecule has 6 nitrogen and oxygen atoms in total. The van der Waals surface area contributed by atoms with Crippen LogP contribution in [-0.2, 0) is 17.8 Å². The minimum Gasteiger partial charge on any atom is -0.481 e. The number of carboxylic acids is 1. The Morgan fingerprint density at radius 1 is 0.718 bits per heavy atom. The maximum Gasteiger partial charge on any atom is 0.305 e. The van der Waals surface area contributed by atoms with Crippen LogP contribution in [0.1, 0.15) is 43.8 Å². The first-order valence-corrected chi connectivity index (χ1v) is 13.0. The maximum atomic E-state index is 13.8. The summed E-state index contributed by atoms with van der Waals surface area (Å²) < 4.78 is 0. The molecule has 0 heterocycles. The summed E-state index contributed by atoms with van der Waals surface area (Å²) in [5, 5.41) is 12.3. The summed E-state index contributed by atoms with van der Waals surface area (Å²) in [6, 6.07) is 32.1. The second-order valence-corrected chi connectivity index (χ2v) is 9.43. The molecule has 0 fully saturated rings. The van der Waals surface area contributed by atoms with Gasteiger partial charge in [0.15, 0.2) is 0 Å². The minimum absolute atomic E-state index is 0.0912. The highest BCUT2D eigenvalue weighted by molar-refractivity contribution is 6.06. The van der Waals surface area contributed by atoms with E-state index >= 15 is 0 Å². The lowest BCUT2D eigenvalue weighted by Gasteiger charge is -2.24. The van der Waals surface area contributed by atoms with E-state index in [0.717, 1.165) is 16.7 Å². The fourth-order valence-electron chi connectivity index (χ4n) is 4.54. The SMILES string of the molecule is Cc1cccc(CNC(=O)c2ccccc2-c2ccccc2C(=O)N(CCC(=O)O)CCc2ccccc2)c1. The Morgan fingerprint density at radius 3 is 2.03 bits per heavy atom. The Balaban J connectivity index is 1.60. The third kappa shape index (κ3) is 7.42. The van der Waals surface area contributed by atoms with Gasteiger partial charge in [0.1, 0.15) is 0 Å². The van der Waals surface area contributed by atoms with Crippen molar-refractivity contribution in [3.8, 4) is 11.1 Å². The Labute approximate surface area is 228 Å². The van der Waals surface area contributed by atoms with Crippen molar-refractivity contribution in [3.63, 3.8) is 0 Å². The zero-order valence-corrected chi connectivity index (χ0v) is 22.0. The van der Waals surface area contributed by atoms with Crippen molar-refractivity contribution >= 4 is 17.8 Å². The van der Waals surface area contributed by atoms with Gasteiger partial charge in [-0.1, -0.05) is 96.6 Å². The number of rotatable bonds is 11. The summed E-state index contributed by atoms with van der Waals surface area (Å²) in [5.74, 6) is -1.46. The molecule has 0 aliphatic rings. The van der Waals surface area contributed by atoms with E-state index in [1.807, 2.05) is 85.8 Å². The first kappa shape index (κ1) is 27.3. The number of carbonyl (C=O) groups is 3. The molecule has 0 bridgehead atoms. The van der Waals surface area contributed by atoms with Crippen molar-refractivity contribution in [2.45, 2.75) is 26.3 Å². The predicted octanol–water partition coefficient (Wildman–Crippen LogP) is 5.75. The summed E-state index contributed by atoms with van der Waals surface area (Å²) in [6.45, 7) is 2.86. The van der Waals surface area contributed by atoms with Gasteiger partial charge in [0.2, 0.25) is 0 Å². The summed E-state index contributed by atoms with van der Waals surface area (Å²) in [5.41, 5.74) is 5.35. The highest BCUT2D eigenvalue weighted by Gasteiger charge is 2.22.